The topological polar surface area (TPSA) is 97.1 Å². The number of ketones is 1. The van der Waals surface area contributed by atoms with E-state index in [1.807, 2.05) is 55.5 Å². The maximum absolute atomic E-state index is 13.0. The number of benzene rings is 2. The van der Waals surface area contributed by atoms with Crippen molar-refractivity contribution in [3.63, 3.8) is 0 Å². The quantitative estimate of drug-likeness (QED) is 0.238. The number of hydrogen-bond donors (Lipinski definition) is 2. The number of carboxylic acid groups (broad SMARTS) is 1. The number of aryl methyl sites for hydroxylation is 1. The molecule has 202 valence electrons. The lowest BCUT2D eigenvalue weighted by Crippen LogP contribution is -2.33. The second-order valence-electron chi connectivity index (χ2n) is 10.6. The minimum atomic E-state index is -0.936. The third-order valence-electron chi connectivity index (χ3n) is 7.71. The number of rotatable bonds is 10. The number of Topliss-reactive ketones (excluding diaryl/α,β-unsaturated/α-hetero) is 1. The lowest BCUT2D eigenvalue weighted by molar-refractivity contribution is -0.124. The van der Waals surface area contributed by atoms with E-state index in [2.05, 4.69) is 16.8 Å². The number of anilines is 1. The highest BCUT2D eigenvalue weighted by Crippen LogP contribution is 2.27. The number of aromatic carboxylic acids is 1. The highest BCUT2D eigenvalue weighted by atomic mass is 16.4. The van der Waals surface area contributed by atoms with E-state index in [-0.39, 0.29) is 23.3 Å². The number of fused-ring (bicyclic) bond motifs is 1. The predicted molar refractivity (Wildman–Crippen MR) is 154 cm³/mol. The summed E-state index contributed by atoms with van der Waals surface area (Å²) in [5, 5.41) is 12.9. The molecule has 5 rings (SSSR count). The second-order valence-corrected chi connectivity index (χ2v) is 10.6. The average molecular weight is 525 g/mol. The molecule has 0 saturated heterocycles. The summed E-state index contributed by atoms with van der Waals surface area (Å²) in [7, 11) is 0. The number of nitrogens with one attached hydrogen (secondary N) is 1. The molecule has 2 aromatic carbocycles. The Hall–Kier alpha value is -4.00. The maximum atomic E-state index is 13.0. The standard InChI is InChI=1S/C32H36N4O3/c1-3-9-29-34-27-18-19-28(33-21(2)30(37)24-10-5-4-6-11-24)35-31(27)36(29)20-22-14-16-23(17-15-22)25-12-7-8-13-26(25)32(38)39/h7-8,12-19,21,24H,3-6,9-11,20H2,1-2H3,(H,33,35)(H,38,39). The number of pyridine rings is 1. The minimum Gasteiger partial charge on any atom is -0.478 e. The largest absolute Gasteiger partial charge is 0.478 e. The Bertz CT molecular complexity index is 1470. The molecule has 4 aromatic rings. The van der Waals surface area contributed by atoms with Crippen molar-refractivity contribution < 1.29 is 14.7 Å². The van der Waals surface area contributed by atoms with Gasteiger partial charge in [0.2, 0.25) is 0 Å². The fourth-order valence-corrected chi connectivity index (χ4v) is 5.64. The van der Waals surface area contributed by atoms with Crippen molar-refractivity contribution in [2.75, 3.05) is 5.32 Å². The van der Waals surface area contributed by atoms with E-state index >= 15 is 0 Å². The molecule has 7 nitrogen and oxygen atoms in total. The normalized spacial score (nSPS) is 14.8. The van der Waals surface area contributed by atoms with E-state index in [9.17, 15) is 14.7 Å². The molecule has 0 radical (unpaired) electrons. The molecule has 7 heteroatoms. The summed E-state index contributed by atoms with van der Waals surface area (Å²) in [6.07, 6.45) is 7.29. The van der Waals surface area contributed by atoms with Gasteiger partial charge in [-0.15, -0.1) is 0 Å². The van der Waals surface area contributed by atoms with Crippen molar-refractivity contribution in [3.05, 3.63) is 77.6 Å². The Labute approximate surface area is 229 Å². The minimum absolute atomic E-state index is 0.150. The van der Waals surface area contributed by atoms with Gasteiger partial charge in [-0.1, -0.05) is 68.7 Å². The van der Waals surface area contributed by atoms with Crippen LogP contribution in [0.5, 0.6) is 0 Å². The van der Waals surface area contributed by atoms with Crippen LogP contribution in [0.1, 0.15) is 74.1 Å². The van der Waals surface area contributed by atoms with Gasteiger partial charge in [-0.2, -0.15) is 0 Å². The molecule has 1 atom stereocenters. The molecule has 0 bridgehead atoms. The Morgan fingerprint density at radius 2 is 1.74 bits per heavy atom. The van der Waals surface area contributed by atoms with Gasteiger partial charge in [0.15, 0.2) is 11.4 Å². The van der Waals surface area contributed by atoms with Gasteiger partial charge in [0.1, 0.15) is 17.2 Å². The van der Waals surface area contributed by atoms with Crippen LogP contribution in [-0.4, -0.2) is 37.4 Å². The number of carbonyl (C=O) groups excluding carboxylic acids is 1. The van der Waals surface area contributed by atoms with Crippen LogP contribution in [0.4, 0.5) is 5.82 Å². The van der Waals surface area contributed by atoms with Gasteiger partial charge < -0.3 is 15.0 Å². The highest BCUT2D eigenvalue weighted by molar-refractivity contribution is 5.96. The first-order valence-corrected chi connectivity index (χ1v) is 14.0. The molecule has 2 aromatic heterocycles. The number of aromatic nitrogens is 3. The first-order valence-electron chi connectivity index (χ1n) is 14.0. The van der Waals surface area contributed by atoms with Gasteiger partial charge in [-0.25, -0.2) is 14.8 Å². The van der Waals surface area contributed by atoms with Crippen LogP contribution in [0.25, 0.3) is 22.3 Å². The summed E-state index contributed by atoms with van der Waals surface area (Å²) in [5.41, 5.74) is 4.55. The fraction of sp³-hybridized carbons (Fsp3) is 0.375. The zero-order valence-electron chi connectivity index (χ0n) is 22.7. The smallest absolute Gasteiger partial charge is 0.336 e. The van der Waals surface area contributed by atoms with Crippen molar-refractivity contribution >= 4 is 28.7 Å². The molecule has 1 fully saturated rings. The maximum Gasteiger partial charge on any atom is 0.336 e. The van der Waals surface area contributed by atoms with Gasteiger partial charge in [0.05, 0.1) is 18.2 Å². The zero-order valence-corrected chi connectivity index (χ0v) is 22.7. The van der Waals surface area contributed by atoms with Gasteiger partial charge >= 0.3 is 5.97 Å². The molecule has 2 heterocycles. The Kier molecular flexibility index (Phi) is 8.05. The molecule has 0 spiro atoms. The Balaban J connectivity index is 1.40. The summed E-state index contributed by atoms with van der Waals surface area (Å²) in [5.74, 6) is 1.15. The van der Waals surface area contributed by atoms with Crippen molar-refractivity contribution in [2.45, 2.75) is 71.4 Å². The van der Waals surface area contributed by atoms with Crippen molar-refractivity contribution in [1.29, 1.82) is 0 Å². The van der Waals surface area contributed by atoms with Gasteiger partial charge in [-0.05, 0) is 61.1 Å². The molecular formula is C32H36N4O3. The van der Waals surface area contributed by atoms with Crippen LogP contribution in [0.2, 0.25) is 0 Å². The average Bonchev–Trinajstić information content (AvgIpc) is 3.29. The third kappa shape index (κ3) is 5.87. The number of nitrogens with zero attached hydrogens (tertiary/aromatic N) is 3. The number of hydrogen-bond acceptors (Lipinski definition) is 5. The number of carbonyl (C=O) groups is 2. The summed E-state index contributed by atoms with van der Waals surface area (Å²) in [6.45, 7) is 4.67. The first kappa shape index (κ1) is 26.6. The summed E-state index contributed by atoms with van der Waals surface area (Å²) >= 11 is 0. The van der Waals surface area contributed by atoms with Crippen LogP contribution in [0.3, 0.4) is 0 Å². The van der Waals surface area contributed by atoms with Gasteiger partial charge in [-0.3, -0.25) is 4.79 Å². The second kappa shape index (κ2) is 11.8. The van der Waals surface area contributed by atoms with E-state index in [0.29, 0.717) is 17.9 Å². The Morgan fingerprint density at radius 3 is 2.46 bits per heavy atom. The van der Waals surface area contributed by atoms with Crippen LogP contribution in [0, 0.1) is 5.92 Å². The molecule has 0 amide bonds. The fourth-order valence-electron chi connectivity index (χ4n) is 5.64. The molecule has 39 heavy (non-hydrogen) atoms. The molecule has 1 unspecified atom stereocenters. The molecule has 1 aliphatic rings. The van der Waals surface area contributed by atoms with Crippen molar-refractivity contribution in [1.82, 2.24) is 14.5 Å². The summed E-state index contributed by atoms with van der Waals surface area (Å²) in [6, 6.07) is 18.6. The van der Waals surface area contributed by atoms with E-state index in [0.717, 1.165) is 66.6 Å². The number of imidazole rings is 1. The summed E-state index contributed by atoms with van der Waals surface area (Å²) in [4.78, 5) is 34.5. The van der Waals surface area contributed by atoms with E-state index in [1.54, 1.807) is 12.1 Å². The predicted octanol–water partition coefficient (Wildman–Crippen LogP) is 6.75. The van der Waals surface area contributed by atoms with Crippen LogP contribution in [0.15, 0.2) is 60.7 Å². The van der Waals surface area contributed by atoms with E-state index < -0.39 is 5.97 Å². The summed E-state index contributed by atoms with van der Waals surface area (Å²) < 4.78 is 2.15. The van der Waals surface area contributed by atoms with Crippen molar-refractivity contribution in [2.24, 2.45) is 5.92 Å². The monoisotopic (exact) mass is 524 g/mol. The Morgan fingerprint density at radius 1 is 1.00 bits per heavy atom. The van der Waals surface area contributed by atoms with E-state index in [1.165, 1.54) is 6.42 Å². The van der Waals surface area contributed by atoms with Crippen LogP contribution >= 0.6 is 0 Å². The van der Waals surface area contributed by atoms with Crippen LogP contribution < -0.4 is 5.32 Å². The van der Waals surface area contributed by atoms with Crippen molar-refractivity contribution in [3.8, 4) is 11.1 Å². The lowest BCUT2D eigenvalue weighted by atomic mass is 9.84. The zero-order chi connectivity index (χ0) is 27.4. The van der Waals surface area contributed by atoms with Gasteiger partial charge in [0.25, 0.3) is 0 Å². The molecule has 1 saturated carbocycles. The third-order valence-corrected chi connectivity index (χ3v) is 7.71. The molecular weight excluding hydrogens is 488 g/mol. The molecule has 2 N–H and O–H groups in total. The molecule has 0 aliphatic heterocycles. The SMILES string of the molecule is CCCc1nc2ccc(NC(C)C(=O)C3CCCCC3)nc2n1Cc1ccc(-c2ccccc2C(=O)O)cc1. The van der Waals surface area contributed by atoms with Gasteiger partial charge in [0, 0.05) is 12.3 Å². The van der Waals surface area contributed by atoms with Crippen LogP contribution in [-0.2, 0) is 17.8 Å². The first-order chi connectivity index (χ1) is 18.9. The molecule has 1 aliphatic carbocycles. The highest BCUT2D eigenvalue weighted by Gasteiger charge is 2.26. The lowest BCUT2D eigenvalue weighted by Gasteiger charge is -2.24. The van der Waals surface area contributed by atoms with E-state index in [4.69, 9.17) is 9.97 Å². The number of carboxylic acids is 1.